The lowest BCUT2D eigenvalue weighted by atomic mass is 10.1. The van der Waals surface area contributed by atoms with Gasteiger partial charge in [-0.1, -0.05) is 0 Å². The van der Waals surface area contributed by atoms with E-state index in [2.05, 4.69) is 9.72 Å². The third kappa shape index (κ3) is 1.73. The number of benzene rings is 1. The van der Waals surface area contributed by atoms with Crippen LogP contribution < -0.4 is 5.56 Å². The zero-order chi connectivity index (χ0) is 12.6. The summed E-state index contributed by atoms with van der Waals surface area (Å²) in [6.45, 7) is 0. The van der Waals surface area contributed by atoms with E-state index in [0.717, 1.165) is 19.2 Å². The summed E-state index contributed by atoms with van der Waals surface area (Å²) in [5, 5.41) is 9.08. The predicted octanol–water partition coefficient (Wildman–Crippen LogP) is 1.16. The smallest absolute Gasteiger partial charge is 0.338 e. The molecule has 0 spiro atoms. The molecule has 1 heterocycles. The number of halogens is 1. The Kier molecular flexibility index (Phi) is 2.55. The van der Waals surface area contributed by atoms with Crippen LogP contribution in [0, 0.1) is 5.82 Å². The fourth-order valence-corrected chi connectivity index (χ4v) is 1.58. The zero-order valence-corrected chi connectivity index (χ0v) is 8.78. The number of carbonyl (C=O) groups is 1. The van der Waals surface area contributed by atoms with E-state index in [1.165, 1.54) is 6.07 Å². The number of carbonyl (C=O) groups excluding carboxylic acids is 1. The molecule has 0 amide bonds. The standard InChI is InChI=1S/C11H8FNO4/c1-17-11(16)5-4-8(15)13-6-2-3-7(14)10(12)9(5)6/h2-4,14H,1H3,(H,13,15). The van der Waals surface area contributed by atoms with E-state index in [9.17, 15) is 19.1 Å². The maximum Gasteiger partial charge on any atom is 0.338 e. The summed E-state index contributed by atoms with van der Waals surface area (Å²) in [6.07, 6.45) is 0. The predicted molar refractivity (Wildman–Crippen MR) is 57.5 cm³/mol. The number of H-pyrrole nitrogens is 1. The van der Waals surface area contributed by atoms with Gasteiger partial charge in [-0.2, -0.15) is 0 Å². The first-order valence-electron chi connectivity index (χ1n) is 4.67. The molecule has 0 saturated heterocycles. The van der Waals surface area contributed by atoms with Crippen molar-refractivity contribution in [2.24, 2.45) is 0 Å². The first kappa shape index (κ1) is 11.1. The Morgan fingerprint density at radius 3 is 2.82 bits per heavy atom. The summed E-state index contributed by atoms with van der Waals surface area (Å²) in [7, 11) is 1.12. The molecule has 88 valence electrons. The number of phenols is 1. The first-order chi connectivity index (χ1) is 8.04. The van der Waals surface area contributed by atoms with Gasteiger partial charge in [-0.25, -0.2) is 9.18 Å². The van der Waals surface area contributed by atoms with Crippen molar-refractivity contribution >= 4 is 16.9 Å². The summed E-state index contributed by atoms with van der Waals surface area (Å²) in [5.41, 5.74) is -0.657. The van der Waals surface area contributed by atoms with Crippen LogP contribution in [0.3, 0.4) is 0 Å². The highest BCUT2D eigenvalue weighted by Gasteiger charge is 2.17. The average molecular weight is 237 g/mol. The van der Waals surface area contributed by atoms with Crippen LogP contribution in [-0.4, -0.2) is 23.2 Å². The number of aromatic amines is 1. The fourth-order valence-electron chi connectivity index (χ4n) is 1.58. The number of phenolic OH excluding ortho intramolecular Hbond substituents is 1. The molecule has 2 N–H and O–H groups in total. The normalized spacial score (nSPS) is 10.5. The van der Waals surface area contributed by atoms with Crippen molar-refractivity contribution < 1.29 is 19.0 Å². The number of esters is 1. The molecule has 1 aromatic carbocycles. The van der Waals surface area contributed by atoms with Gasteiger partial charge in [0.2, 0.25) is 5.56 Å². The topological polar surface area (TPSA) is 79.4 Å². The van der Waals surface area contributed by atoms with E-state index < -0.39 is 23.1 Å². The lowest BCUT2D eigenvalue weighted by Crippen LogP contribution is -2.12. The van der Waals surface area contributed by atoms with Crippen molar-refractivity contribution in [3.8, 4) is 5.75 Å². The SMILES string of the molecule is COC(=O)c1cc(=O)[nH]c2ccc(O)c(F)c12. The van der Waals surface area contributed by atoms with E-state index in [4.69, 9.17) is 0 Å². The van der Waals surface area contributed by atoms with E-state index in [1.807, 2.05) is 0 Å². The molecule has 0 fully saturated rings. The zero-order valence-electron chi connectivity index (χ0n) is 8.78. The molecule has 17 heavy (non-hydrogen) atoms. The van der Waals surface area contributed by atoms with Gasteiger partial charge in [0.15, 0.2) is 11.6 Å². The second-order valence-corrected chi connectivity index (χ2v) is 3.36. The molecule has 0 atom stereocenters. The second kappa shape index (κ2) is 3.89. The summed E-state index contributed by atoms with van der Waals surface area (Å²) in [4.78, 5) is 25.1. The van der Waals surface area contributed by atoms with E-state index in [0.29, 0.717) is 0 Å². The molecule has 0 aliphatic carbocycles. The van der Waals surface area contributed by atoms with Crippen LogP contribution in [0.1, 0.15) is 10.4 Å². The quantitative estimate of drug-likeness (QED) is 0.729. The maximum atomic E-state index is 13.7. The fraction of sp³-hybridized carbons (Fsp3) is 0.0909. The number of hydrogen-bond acceptors (Lipinski definition) is 4. The Balaban J connectivity index is 2.95. The van der Waals surface area contributed by atoms with Crippen molar-refractivity contribution in [1.82, 2.24) is 4.98 Å². The van der Waals surface area contributed by atoms with Gasteiger partial charge >= 0.3 is 5.97 Å². The van der Waals surface area contributed by atoms with Gasteiger partial charge in [-0.15, -0.1) is 0 Å². The average Bonchev–Trinajstić information content (AvgIpc) is 2.32. The number of nitrogens with one attached hydrogen (secondary N) is 1. The van der Waals surface area contributed by atoms with Crippen LogP contribution in [0.4, 0.5) is 4.39 Å². The molecule has 5 nitrogen and oxygen atoms in total. The first-order valence-corrected chi connectivity index (χ1v) is 4.67. The lowest BCUT2D eigenvalue weighted by Gasteiger charge is -2.06. The minimum atomic E-state index is -0.973. The van der Waals surface area contributed by atoms with Crippen molar-refractivity contribution in [1.29, 1.82) is 0 Å². The van der Waals surface area contributed by atoms with Crippen molar-refractivity contribution in [3.05, 3.63) is 39.9 Å². The van der Waals surface area contributed by atoms with Crippen LogP contribution in [-0.2, 0) is 4.74 Å². The molecular weight excluding hydrogens is 229 g/mol. The van der Waals surface area contributed by atoms with Crippen LogP contribution in [0.5, 0.6) is 5.75 Å². The van der Waals surface area contributed by atoms with Crippen LogP contribution >= 0.6 is 0 Å². The Hall–Kier alpha value is -2.37. The maximum absolute atomic E-state index is 13.7. The Labute approximate surface area is 94.5 Å². The third-order valence-electron chi connectivity index (χ3n) is 2.33. The molecule has 1 aromatic heterocycles. The Bertz CT molecular complexity index is 662. The Morgan fingerprint density at radius 1 is 1.47 bits per heavy atom. The highest BCUT2D eigenvalue weighted by molar-refractivity contribution is 6.03. The highest BCUT2D eigenvalue weighted by atomic mass is 19.1. The van der Waals surface area contributed by atoms with Gasteiger partial charge in [-0.05, 0) is 12.1 Å². The monoisotopic (exact) mass is 237 g/mol. The van der Waals surface area contributed by atoms with Crippen molar-refractivity contribution in [2.45, 2.75) is 0 Å². The number of aromatic hydroxyl groups is 1. The highest BCUT2D eigenvalue weighted by Crippen LogP contribution is 2.26. The van der Waals surface area contributed by atoms with E-state index in [-0.39, 0.29) is 16.5 Å². The van der Waals surface area contributed by atoms with Gasteiger partial charge in [0.05, 0.1) is 23.6 Å². The minimum absolute atomic E-state index is 0.119. The molecule has 0 radical (unpaired) electrons. The molecule has 0 saturated carbocycles. The van der Waals surface area contributed by atoms with Crippen LogP contribution in [0.2, 0.25) is 0 Å². The number of ether oxygens (including phenoxy) is 1. The number of fused-ring (bicyclic) bond motifs is 1. The second-order valence-electron chi connectivity index (χ2n) is 3.36. The number of hydrogen-bond donors (Lipinski definition) is 2. The van der Waals surface area contributed by atoms with E-state index >= 15 is 0 Å². The van der Waals surface area contributed by atoms with Gasteiger partial charge in [0.1, 0.15) is 0 Å². The number of rotatable bonds is 1. The molecule has 0 bridgehead atoms. The molecule has 0 aliphatic heterocycles. The molecule has 0 unspecified atom stereocenters. The molecular formula is C11H8FNO4. The van der Waals surface area contributed by atoms with Crippen molar-refractivity contribution in [2.75, 3.05) is 7.11 Å². The van der Waals surface area contributed by atoms with E-state index in [1.54, 1.807) is 0 Å². The molecule has 2 aromatic rings. The molecule has 0 aliphatic rings. The van der Waals surface area contributed by atoms with Gasteiger partial charge in [0.25, 0.3) is 0 Å². The lowest BCUT2D eigenvalue weighted by molar-refractivity contribution is 0.0602. The largest absolute Gasteiger partial charge is 0.505 e. The number of pyridine rings is 1. The third-order valence-corrected chi connectivity index (χ3v) is 2.33. The van der Waals surface area contributed by atoms with Crippen LogP contribution in [0.25, 0.3) is 10.9 Å². The summed E-state index contributed by atoms with van der Waals surface area (Å²) < 4.78 is 18.2. The Morgan fingerprint density at radius 2 is 2.18 bits per heavy atom. The minimum Gasteiger partial charge on any atom is -0.505 e. The summed E-state index contributed by atoms with van der Waals surface area (Å²) >= 11 is 0. The molecule has 6 heteroatoms. The van der Waals surface area contributed by atoms with Crippen molar-refractivity contribution in [3.63, 3.8) is 0 Å². The summed E-state index contributed by atoms with van der Waals surface area (Å²) in [5.74, 6) is -2.42. The number of methoxy groups -OCH3 is 1. The molecule has 2 rings (SSSR count). The van der Waals surface area contributed by atoms with Gasteiger partial charge in [0, 0.05) is 6.07 Å². The van der Waals surface area contributed by atoms with Gasteiger partial charge < -0.3 is 14.8 Å². The summed E-state index contributed by atoms with van der Waals surface area (Å²) in [6, 6.07) is 3.33. The van der Waals surface area contributed by atoms with Crippen LogP contribution in [0.15, 0.2) is 23.0 Å². The van der Waals surface area contributed by atoms with Gasteiger partial charge in [-0.3, -0.25) is 4.79 Å². The number of aromatic nitrogens is 1.